The fourth-order valence-corrected chi connectivity index (χ4v) is 21.0. The van der Waals surface area contributed by atoms with Crippen LogP contribution < -0.4 is 0 Å². The Morgan fingerprint density at radius 3 is 1.66 bits per heavy atom. The first-order chi connectivity index (χ1) is 28.4. The molecule has 324 valence electrons. The van der Waals surface area contributed by atoms with Gasteiger partial charge in [-0.25, -0.2) is 0 Å². The van der Waals surface area contributed by atoms with Gasteiger partial charge in [0, 0.05) is 42.7 Å². The van der Waals surface area contributed by atoms with E-state index in [0.717, 1.165) is 108 Å². The number of carbonyl (C=O) groups excluding carboxylic acids is 1. The van der Waals surface area contributed by atoms with E-state index >= 15 is 0 Å². The topological polar surface area (TPSA) is 32.8 Å². The van der Waals surface area contributed by atoms with E-state index in [-0.39, 0.29) is 12.1 Å². The molecule has 16 unspecified atom stereocenters. The normalized spacial score (nSPS) is 54.2. The molecule has 16 atom stereocenters. The molecule has 3 saturated heterocycles. The number of ether oxygens (including phenoxy) is 1. The zero-order chi connectivity index (χ0) is 38.7. The van der Waals surface area contributed by atoms with Crippen LogP contribution in [0, 0.1) is 82.3 Å². The van der Waals surface area contributed by atoms with Crippen molar-refractivity contribution in [3.05, 3.63) is 0 Å². The Labute approximate surface area is 355 Å². The maximum atomic E-state index is 12.9. The number of likely N-dealkylation sites (tertiary alicyclic amines) is 2. The van der Waals surface area contributed by atoms with Crippen molar-refractivity contribution in [2.45, 2.75) is 249 Å². The lowest BCUT2D eigenvalue weighted by Gasteiger charge is -2.52. The maximum Gasteiger partial charge on any atom is 0.306 e. The molecule has 3 heterocycles. The molecular weight excluding hydrogens is 709 g/mol. The van der Waals surface area contributed by atoms with Crippen LogP contribution in [0.4, 0.5) is 0 Å². The number of fused-ring (bicyclic) bond motifs is 11. The van der Waals surface area contributed by atoms with Gasteiger partial charge in [-0.3, -0.25) is 14.6 Å². The molecule has 0 amide bonds. The molecule has 0 aromatic heterocycles. The van der Waals surface area contributed by atoms with E-state index in [1.807, 2.05) is 0 Å². The number of carbonyl (C=O) groups is 1. The third-order valence-electron chi connectivity index (χ3n) is 22.9. The molecule has 0 radical (unpaired) electrons. The van der Waals surface area contributed by atoms with E-state index in [0.29, 0.717) is 23.7 Å². The highest BCUT2D eigenvalue weighted by Gasteiger charge is 2.66. The number of hydrogen-bond donors (Lipinski definition) is 0. The second-order valence-corrected chi connectivity index (χ2v) is 25.0. The SMILES string of the molecule is CC1(C)C2CCCCC2C2CCC3C4CCCCC4N(C4CCC(C5CC6CCC(=O)OC6C(C6CCC(N7C8CCCCC8C8CCCCC87)CC6)C5)CC4)C3C21. The van der Waals surface area contributed by atoms with E-state index < -0.39 is 0 Å². The molecule has 4 heteroatoms. The first-order valence-electron chi connectivity index (χ1n) is 27.2. The number of rotatable bonds is 4. The Balaban J connectivity index is 0.742. The van der Waals surface area contributed by atoms with Crippen molar-refractivity contribution in [3.8, 4) is 0 Å². The molecule has 9 saturated carbocycles. The van der Waals surface area contributed by atoms with Gasteiger partial charge in [0.05, 0.1) is 0 Å². The Morgan fingerprint density at radius 2 is 0.983 bits per heavy atom. The van der Waals surface area contributed by atoms with Crippen molar-refractivity contribution in [3.63, 3.8) is 0 Å². The highest BCUT2D eigenvalue weighted by atomic mass is 16.5. The number of esters is 1. The van der Waals surface area contributed by atoms with Crippen LogP contribution in [0.15, 0.2) is 0 Å². The smallest absolute Gasteiger partial charge is 0.306 e. The van der Waals surface area contributed by atoms with Gasteiger partial charge >= 0.3 is 5.97 Å². The lowest BCUT2D eigenvalue weighted by atomic mass is 9.59. The standard InChI is InChI=1S/C54H86N2O2/c1-54(2)46-15-7-3-11-39(46)43-28-29-44-42-14-6-10-18-49(42)56(52(44)51(43)54)38-24-19-33(20-25-38)36-31-35-23-30-50(57)58-53(35)45(32-36)34-21-26-37(27-22-34)55-47-16-8-4-12-40(47)41-13-5-9-17-48(41)55/h33-49,51-53H,3-32H2,1-2H3. The Bertz CT molecular complexity index is 1450. The summed E-state index contributed by atoms with van der Waals surface area (Å²) in [5, 5.41) is 0. The van der Waals surface area contributed by atoms with Gasteiger partial charge in [0.15, 0.2) is 0 Å². The van der Waals surface area contributed by atoms with Crippen molar-refractivity contribution in [1.82, 2.24) is 9.80 Å². The molecule has 0 aromatic carbocycles. The minimum absolute atomic E-state index is 0.127. The Hall–Kier alpha value is -0.610. The molecule has 12 rings (SSSR count). The van der Waals surface area contributed by atoms with Crippen molar-refractivity contribution >= 4 is 5.97 Å². The summed E-state index contributed by atoms with van der Waals surface area (Å²) in [7, 11) is 0. The summed E-state index contributed by atoms with van der Waals surface area (Å²) in [5.41, 5.74) is 0.531. The summed E-state index contributed by atoms with van der Waals surface area (Å²) in [6.07, 6.45) is 43.6. The predicted octanol–water partition coefficient (Wildman–Crippen LogP) is 12.6. The summed E-state index contributed by atoms with van der Waals surface area (Å²) < 4.78 is 6.48. The van der Waals surface area contributed by atoms with Crippen LogP contribution in [-0.4, -0.2) is 58.1 Å². The summed E-state index contributed by atoms with van der Waals surface area (Å²) in [6.45, 7) is 5.57. The van der Waals surface area contributed by atoms with Crippen molar-refractivity contribution in [1.29, 1.82) is 0 Å². The van der Waals surface area contributed by atoms with Gasteiger partial charge in [0.2, 0.25) is 0 Å². The Kier molecular flexibility index (Phi) is 10.5. The van der Waals surface area contributed by atoms with Gasteiger partial charge in [-0.15, -0.1) is 0 Å². The van der Waals surface area contributed by atoms with Crippen LogP contribution in [0.3, 0.4) is 0 Å². The summed E-state index contributed by atoms with van der Waals surface area (Å²) >= 11 is 0. The van der Waals surface area contributed by atoms with Crippen LogP contribution in [0.5, 0.6) is 0 Å². The highest BCUT2D eigenvalue weighted by molar-refractivity contribution is 5.70. The summed E-state index contributed by atoms with van der Waals surface area (Å²) in [5.74, 6) is 12.0. The molecule has 3 aliphatic heterocycles. The largest absolute Gasteiger partial charge is 0.462 e. The molecule has 0 bridgehead atoms. The first kappa shape index (κ1) is 39.0. The third kappa shape index (κ3) is 6.29. The molecule has 0 spiro atoms. The minimum atomic E-state index is 0.127. The van der Waals surface area contributed by atoms with Crippen molar-refractivity contribution in [2.24, 2.45) is 82.3 Å². The molecule has 4 nitrogen and oxygen atoms in total. The zero-order valence-corrected chi connectivity index (χ0v) is 37.5. The first-order valence-corrected chi connectivity index (χ1v) is 27.2. The quantitative estimate of drug-likeness (QED) is 0.265. The Morgan fingerprint density at radius 1 is 0.448 bits per heavy atom. The van der Waals surface area contributed by atoms with Crippen LogP contribution in [0.25, 0.3) is 0 Å². The van der Waals surface area contributed by atoms with Gasteiger partial charge in [-0.1, -0.05) is 65.2 Å². The van der Waals surface area contributed by atoms with Crippen LogP contribution in [0.1, 0.15) is 206 Å². The number of hydrogen-bond acceptors (Lipinski definition) is 4. The molecule has 12 fully saturated rings. The van der Waals surface area contributed by atoms with E-state index in [4.69, 9.17) is 4.74 Å². The third-order valence-corrected chi connectivity index (χ3v) is 22.9. The van der Waals surface area contributed by atoms with Crippen molar-refractivity contribution < 1.29 is 9.53 Å². The van der Waals surface area contributed by atoms with Gasteiger partial charge in [0.25, 0.3) is 0 Å². The van der Waals surface area contributed by atoms with Gasteiger partial charge < -0.3 is 4.74 Å². The molecule has 9 aliphatic carbocycles. The van der Waals surface area contributed by atoms with E-state index in [1.165, 1.54) is 154 Å². The lowest BCUT2D eigenvalue weighted by molar-refractivity contribution is -0.173. The van der Waals surface area contributed by atoms with Crippen molar-refractivity contribution in [2.75, 3.05) is 0 Å². The molecule has 0 N–H and O–H groups in total. The summed E-state index contributed by atoms with van der Waals surface area (Å²) in [6, 6.07) is 5.30. The van der Waals surface area contributed by atoms with Gasteiger partial charge in [-0.05, 0) is 217 Å². The second kappa shape index (κ2) is 15.6. The van der Waals surface area contributed by atoms with E-state index in [1.54, 1.807) is 25.7 Å². The predicted molar refractivity (Wildman–Crippen MR) is 234 cm³/mol. The van der Waals surface area contributed by atoms with Gasteiger partial charge in [-0.2, -0.15) is 0 Å². The van der Waals surface area contributed by atoms with Crippen LogP contribution >= 0.6 is 0 Å². The van der Waals surface area contributed by atoms with Crippen LogP contribution in [-0.2, 0) is 9.53 Å². The number of nitrogens with zero attached hydrogens (tertiary/aromatic N) is 2. The zero-order valence-electron chi connectivity index (χ0n) is 37.5. The monoisotopic (exact) mass is 795 g/mol. The molecule has 0 aromatic rings. The van der Waals surface area contributed by atoms with E-state index in [9.17, 15) is 4.79 Å². The second-order valence-electron chi connectivity index (χ2n) is 25.0. The average molecular weight is 795 g/mol. The highest BCUT2D eigenvalue weighted by Crippen LogP contribution is 2.68. The molecule has 58 heavy (non-hydrogen) atoms. The lowest BCUT2D eigenvalue weighted by Crippen LogP contribution is -2.55. The average Bonchev–Trinajstić information content (AvgIpc) is 3.87. The molecular formula is C54H86N2O2. The fourth-order valence-electron chi connectivity index (χ4n) is 21.0. The van der Waals surface area contributed by atoms with E-state index in [2.05, 4.69) is 23.6 Å². The maximum absolute atomic E-state index is 12.9. The van der Waals surface area contributed by atoms with Gasteiger partial charge in [0.1, 0.15) is 6.10 Å². The van der Waals surface area contributed by atoms with Crippen LogP contribution in [0.2, 0.25) is 0 Å². The minimum Gasteiger partial charge on any atom is -0.462 e. The summed E-state index contributed by atoms with van der Waals surface area (Å²) in [4.78, 5) is 19.5. The molecule has 12 aliphatic rings. The fraction of sp³-hybridized carbons (Fsp3) is 0.981.